The van der Waals surface area contributed by atoms with Crippen LogP contribution in [0.5, 0.6) is 0 Å². The Morgan fingerprint density at radius 2 is 1.78 bits per heavy atom. The van der Waals surface area contributed by atoms with E-state index in [1.807, 2.05) is 12.1 Å². The average Bonchev–Trinajstić information content (AvgIpc) is 3.25. The Bertz CT molecular complexity index is 677. The quantitative estimate of drug-likeness (QED) is 0.911. The van der Waals surface area contributed by atoms with Gasteiger partial charge in [0.15, 0.2) is 0 Å². The first-order valence-corrected chi connectivity index (χ1v) is 10.2. The summed E-state index contributed by atoms with van der Waals surface area (Å²) >= 11 is 0. The van der Waals surface area contributed by atoms with Gasteiger partial charge in [0.1, 0.15) is 0 Å². The largest absolute Gasteiger partial charge is 0.368 e. The number of hydrogen-bond donors (Lipinski definition) is 1. The fraction of sp³-hybridized carbons (Fsp3) is 0.647. The van der Waals surface area contributed by atoms with Crippen LogP contribution in [0.15, 0.2) is 23.1 Å². The number of piperidine rings is 1. The maximum Gasteiger partial charge on any atom is 0.243 e. The van der Waals surface area contributed by atoms with Crippen LogP contribution in [0.3, 0.4) is 0 Å². The minimum absolute atomic E-state index is 0.471. The van der Waals surface area contributed by atoms with Gasteiger partial charge in [-0.3, -0.25) is 0 Å². The van der Waals surface area contributed by atoms with E-state index < -0.39 is 10.0 Å². The summed E-state index contributed by atoms with van der Waals surface area (Å²) in [6.07, 6.45) is 5.27. The smallest absolute Gasteiger partial charge is 0.243 e. The van der Waals surface area contributed by atoms with Gasteiger partial charge < -0.3 is 10.2 Å². The number of nitrogens with one attached hydrogen (secondary N) is 1. The molecular weight excluding hydrogens is 310 g/mol. The van der Waals surface area contributed by atoms with E-state index in [0.717, 1.165) is 57.4 Å². The van der Waals surface area contributed by atoms with E-state index in [1.54, 1.807) is 10.4 Å². The molecule has 5 nitrogen and oxygen atoms in total. The van der Waals surface area contributed by atoms with Crippen LogP contribution < -0.4 is 10.2 Å². The van der Waals surface area contributed by atoms with Crippen molar-refractivity contribution in [3.05, 3.63) is 23.8 Å². The molecule has 0 atom stereocenters. The Morgan fingerprint density at radius 3 is 2.52 bits per heavy atom. The van der Waals surface area contributed by atoms with Gasteiger partial charge in [-0.2, -0.15) is 4.31 Å². The van der Waals surface area contributed by atoms with Crippen LogP contribution in [-0.2, 0) is 16.4 Å². The summed E-state index contributed by atoms with van der Waals surface area (Å²) in [5.41, 5.74) is 2.45. The molecule has 23 heavy (non-hydrogen) atoms. The van der Waals surface area contributed by atoms with Crippen LogP contribution in [0.4, 0.5) is 5.69 Å². The Labute approximate surface area is 138 Å². The van der Waals surface area contributed by atoms with Crippen LogP contribution in [-0.4, -0.2) is 51.5 Å². The molecule has 6 heteroatoms. The van der Waals surface area contributed by atoms with Crippen molar-refractivity contribution >= 4 is 15.7 Å². The molecule has 126 valence electrons. The molecule has 1 N–H and O–H groups in total. The lowest BCUT2D eigenvalue weighted by atomic mass is 10.0. The van der Waals surface area contributed by atoms with Crippen LogP contribution in [0, 0.1) is 0 Å². The van der Waals surface area contributed by atoms with E-state index >= 15 is 0 Å². The topological polar surface area (TPSA) is 52.7 Å². The lowest BCUT2D eigenvalue weighted by Crippen LogP contribution is -2.42. The van der Waals surface area contributed by atoms with Crippen LogP contribution in [0.2, 0.25) is 0 Å². The van der Waals surface area contributed by atoms with E-state index in [0.29, 0.717) is 24.0 Å². The number of hydrogen-bond acceptors (Lipinski definition) is 4. The van der Waals surface area contributed by atoms with Crippen molar-refractivity contribution in [2.75, 3.05) is 37.6 Å². The molecule has 2 fully saturated rings. The summed E-state index contributed by atoms with van der Waals surface area (Å²) in [7, 11) is -3.32. The number of sulfonamides is 1. The predicted molar refractivity (Wildman–Crippen MR) is 91.4 cm³/mol. The van der Waals surface area contributed by atoms with Gasteiger partial charge in [0.2, 0.25) is 10.0 Å². The Morgan fingerprint density at radius 1 is 1.04 bits per heavy atom. The summed E-state index contributed by atoms with van der Waals surface area (Å²) in [6, 6.07) is 6.30. The monoisotopic (exact) mass is 335 g/mol. The maximum absolute atomic E-state index is 12.8. The van der Waals surface area contributed by atoms with Crippen molar-refractivity contribution in [1.29, 1.82) is 0 Å². The normalized spacial score (nSPS) is 23.4. The van der Waals surface area contributed by atoms with Crippen molar-refractivity contribution in [3.8, 4) is 0 Å². The second kappa shape index (κ2) is 6.07. The molecule has 0 bridgehead atoms. The molecule has 0 amide bonds. The lowest BCUT2D eigenvalue weighted by molar-refractivity contribution is 0.435. The number of benzene rings is 1. The molecule has 2 saturated heterocycles. The molecular formula is C17H25N3O2S. The molecule has 4 rings (SSSR count). The van der Waals surface area contributed by atoms with Gasteiger partial charge in [0.05, 0.1) is 4.90 Å². The molecule has 0 unspecified atom stereocenters. The first kappa shape index (κ1) is 15.4. The molecule has 0 aromatic heterocycles. The second-order valence-corrected chi connectivity index (χ2v) is 8.76. The van der Waals surface area contributed by atoms with Crippen LogP contribution >= 0.6 is 0 Å². The highest BCUT2D eigenvalue weighted by atomic mass is 32.2. The zero-order chi connectivity index (χ0) is 15.9. The van der Waals surface area contributed by atoms with Crippen molar-refractivity contribution in [1.82, 2.24) is 9.62 Å². The molecule has 0 radical (unpaired) electrons. The fourth-order valence-corrected chi connectivity index (χ4v) is 5.66. The minimum Gasteiger partial charge on any atom is -0.368 e. The summed E-state index contributed by atoms with van der Waals surface area (Å²) < 4.78 is 27.3. The minimum atomic E-state index is -3.32. The zero-order valence-corrected chi connectivity index (χ0v) is 14.3. The molecule has 3 heterocycles. The van der Waals surface area contributed by atoms with E-state index in [2.05, 4.69) is 10.2 Å². The van der Waals surface area contributed by atoms with Crippen LogP contribution in [0.1, 0.15) is 31.2 Å². The summed E-state index contributed by atoms with van der Waals surface area (Å²) in [5.74, 6) is 0. The fourth-order valence-electron chi connectivity index (χ4n) is 4.12. The highest BCUT2D eigenvalue weighted by molar-refractivity contribution is 7.89. The third kappa shape index (κ3) is 2.77. The third-order valence-corrected chi connectivity index (χ3v) is 7.34. The predicted octanol–water partition coefficient (Wildman–Crippen LogP) is 1.59. The third-order valence-electron chi connectivity index (χ3n) is 5.44. The highest BCUT2D eigenvalue weighted by Crippen LogP contribution is 2.35. The van der Waals surface area contributed by atoms with Crippen molar-refractivity contribution in [2.45, 2.75) is 43.0 Å². The number of anilines is 1. The van der Waals surface area contributed by atoms with E-state index in [1.165, 1.54) is 5.56 Å². The van der Waals surface area contributed by atoms with Crippen LogP contribution in [0.25, 0.3) is 0 Å². The zero-order valence-electron chi connectivity index (χ0n) is 13.5. The van der Waals surface area contributed by atoms with Gasteiger partial charge in [-0.05, 0) is 62.9 Å². The Hall–Kier alpha value is -1.11. The van der Waals surface area contributed by atoms with Gasteiger partial charge in [0, 0.05) is 31.4 Å². The highest BCUT2D eigenvalue weighted by Gasteiger charge is 2.31. The van der Waals surface area contributed by atoms with Crippen molar-refractivity contribution in [3.63, 3.8) is 0 Å². The summed E-state index contributed by atoms with van der Waals surface area (Å²) in [4.78, 5) is 2.91. The number of fused-ring (bicyclic) bond motifs is 1. The molecule has 1 aromatic carbocycles. The van der Waals surface area contributed by atoms with Crippen molar-refractivity contribution in [2.24, 2.45) is 0 Å². The molecule has 3 aliphatic rings. The molecule has 0 saturated carbocycles. The molecule has 1 aromatic rings. The SMILES string of the molecule is O=S(=O)(c1ccc2c(c1)N(C1CCNCC1)CC2)N1CCCC1. The Kier molecular flexibility index (Phi) is 4.07. The second-order valence-electron chi connectivity index (χ2n) is 6.83. The van der Waals surface area contributed by atoms with E-state index in [4.69, 9.17) is 0 Å². The molecule has 3 aliphatic heterocycles. The van der Waals surface area contributed by atoms with Crippen molar-refractivity contribution < 1.29 is 8.42 Å². The average molecular weight is 335 g/mol. The van der Waals surface area contributed by atoms with Gasteiger partial charge >= 0.3 is 0 Å². The number of nitrogens with zero attached hydrogens (tertiary/aromatic N) is 2. The first-order valence-electron chi connectivity index (χ1n) is 8.77. The summed E-state index contributed by atoms with van der Waals surface area (Å²) in [6.45, 7) is 4.46. The lowest BCUT2D eigenvalue weighted by Gasteiger charge is -2.33. The standard InChI is InChI=1S/C17H25N3O2S/c21-23(22,19-10-1-2-11-19)16-4-3-14-7-12-20(17(14)13-16)15-5-8-18-9-6-15/h3-4,13,15,18H,1-2,5-12H2. The summed E-state index contributed by atoms with van der Waals surface area (Å²) in [5, 5.41) is 3.41. The Balaban J connectivity index is 1.64. The van der Waals surface area contributed by atoms with Gasteiger partial charge in [0.25, 0.3) is 0 Å². The first-order chi connectivity index (χ1) is 11.2. The van der Waals surface area contributed by atoms with E-state index in [-0.39, 0.29) is 0 Å². The van der Waals surface area contributed by atoms with Gasteiger partial charge in [-0.1, -0.05) is 6.07 Å². The maximum atomic E-state index is 12.8. The number of rotatable bonds is 3. The van der Waals surface area contributed by atoms with E-state index in [9.17, 15) is 8.42 Å². The molecule has 0 spiro atoms. The van der Waals surface area contributed by atoms with Gasteiger partial charge in [-0.25, -0.2) is 8.42 Å². The van der Waals surface area contributed by atoms with Gasteiger partial charge in [-0.15, -0.1) is 0 Å². The molecule has 0 aliphatic carbocycles.